The van der Waals surface area contributed by atoms with Crippen LogP contribution in [0.5, 0.6) is 11.5 Å². The number of ether oxygens (including phenoxy) is 2. The van der Waals surface area contributed by atoms with Crippen molar-refractivity contribution in [2.24, 2.45) is 12.0 Å². The van der Waals surface area contributed by atoms with Crippen molar-refractivity contribution in [1.29, 1.82) is 0 Å². The molecule has 0 unspecified atom stereocenters. The molecule has 4 rings (SSSR count). The lowest BCUT2D eigenvalue weighted by Crippen LogP contribution is -2.26. The van der Waals surface area contributed by atoms with Crippen LogP contribution >= 0.6 is 0 Å². The van der Waals surface area contributed by atoms with Gasteiger partial charge < -0.3 is 14.4 Å². The van der Waals surface area contributed by atoms with E-state index in [2.05, 4.69) is 49.9 Å². The number of benzene rings is 3. The van der Waals surface area contributed by atoms with Crippen LogP contribution in [0.4, 0.5) is 17.3 Å². The van der Waals surface area contributed by atoms with E-state index in [0.29, 0.717) is 11.5 Å². The molecule has 4 aromatic rings. The topological polar surface area (TPSA) is 51.9 Å². The first-order valence-corrected chi connectivity index (χ1v) is 11.5. The molecule has 0 fully saturated rings. The van der Waals surface area contributed by atoms with Gasteiger partial charge in [0.1, 0.15) is 5.49 Å². The highest BCUT2D eigenvalue weighted by molar-refractivity contribution is 5.66. The van der Waals surface area contributed by atoms with Gasteiger partial charge in [-0.3, -0.25) is 4.57 Å². The Morgan fingerprint density at radius 2 is 1.49 bits per heavy atom. The lowest BCUT2D eigenvalue weighted by atomic mass is 10.1. The molecule has 1 aromatic heterocycles. The van der Waals surface area contributed by atoms with Crippen LogP contribution in [0.3, 0.4) is 0 Å². The number of hydrogen-bond acceptors (Lipinski definition) is 5. The van der Waals surface area contributed by atoms with Crippen molar-refractivity contribution in [1.82, 2.24) is 9.55 Å². The molecule has 0 aliphatic heterocycles. The van der Waals surface area contributed by atoms with Crippen LogP contribution in [0, 0.1) is 20.8 Å². The van der Waals surface area contributed by atoms with Crippen molar-refractivity contribution >= 4 is 17.3 Å². The number of hydrogen-bond donors (Lipinski definition) is 0. The monoisotopic (exact) mass is 468 g/mol. The van der Waals surface area contributed by atoms with E-state index in [1.807, 2.05) is 61.1 Å². The van der Waals surface area contributed by atoms with Gasteiger partial charge in [0, 0.05) is 31.4 Å². The predicted octanol–water partition coefficient (Wildman–Crippen LogP) is 6.03. The van der Waals surface area contributed by atoms with E-state index in [1.54, 1.807) is 14.2 Å². The Labute approximate surface area is 207 Å². The first kappa shape index (κ1) is 24.1. The SMILES string of the molecule is COc1ccc(-c2cc(=Nc3c(C)cc(C)cc3C)n(C)c(N(C)c3ccccc3)n2)cc1OC. The third kappa shape index (κ3) is 4.92. The molecule has 1 heterocycles. The molecule has 0 radical (unpaired) electrons. The molecule has 0 saturated carbocycles. The van der Waals surface area contributed by atoms with Gasteiger partial charge in [-0.2, -0.15) is 0 Å². The summed E-state index contributed by atoms with van der Waals surface area (Å²) >= 11 is 0. The molecule has 3 aromatic carbocycles. The molecule has 180 valence electrons. The summed E-state index contributed by atoms with van der Waals surface area (Å²) in [7, 11) is 7.28. The predicted molar refractivity (Wildman–Crippen MR) is 142 cm³/mol. The van der Waals surface area contributed by atoms with E-state index in [9.17, 15) is 0 Å². The fraction of sp³-hybridized carbons (Fsp3) is 0.241. The number of aromatic nitrogens is 2. The van der Waals surface area contributed by atoms with Crippen molar-refractivity contribution in [3.63, 3.8) is 0 Å². The Hall–Kier alpha value is -4.06. The van der Waals surface area contributed by atoms with Gasteiger partial charge in [0.2, 0.25) is 5.95 Å². The zero-order chi connectivity index (χ0) is 25.1. The molecule has 0 saturated heterocycles. The summed E-state index contributed by atoms with van der Waals surface area (Å²) in [5.41, 5.74) is 8.04. The van der Waals surface area contributed by atoms with Crippen LogP contribution in [0.2, 0.25) is 0 Å². The fourth-order valence-electron chi connectivity index (χ4n) is 4.32. The van der Waals surface area contributed by atoms with E-state index in [4.69, 9.17) is 19.5 Å². The Morgan fingerprint density at radius 1 is 0.829 bits per heavy atom. The van der Waals surface area contributed by atoms with Gasteiger partial charge in [-0.1, -0.05) is 35.9 Å². The third-order valence-electron chi connectivity index (χ3n) is 6.11. The summed E-state index contributed by atoms with van der Waals surface area (Å²) in [6, 6.07) is 22.4. The lowest BCUT2D eigenvalue weighted by Gasteiger charge is -2.22. The minimum atomic E-state index is 0.654. The Morgan fingerprint density at radius 3 is 2.11 bits per heavy atom. The van der Waals surface area contributed by atoms with Gasteiger partial charge in [-0.15, -0.1) is 0 Å². The van der Waals surface area contributed by atoms with Crippen LogP contribution < -0.4 is 19.9 Å². The van der Waals surface area contributed by atoms with Gasteiger partial charge in [-0.25, -0.2) is 9.98 Å². The maximum Gasteiger partial charge on any atom is 0.211 e. The van der Waals surface area contributed by atoms with Crippen LogP contribution in [0.1, 0.15) is 16.7 Å². The molecule has 0 atom stereocenters. The average molecular weight is 469 g/mol. The van der Waals surface area contributed by atoms with Crippen molar-refractivity contribution in [3.8, 4) is 22.8 Å². The molecule has 6 heteroatoms. The van der Waals surface area contributed by atoms with E-state index in [0.717, 1.165) is 45.2 Å². The van der Waals surface area contributed by atoms with E-state index >= 15 is 0 Å². The maximum absolute atomic E-state index is 5.55. The number of anilines is 2. The number of aryl methyl sites for hydroxylation is 3. The normalized spacial score (nSPS) is 11.5. The van der Waals surface area contributed by atoms with Gasteiger partial charge >= 0.3 is 0 Å². The smallest absolute Gasteiger partial charge is 0.211 e. The second-order valence-corrected chi connectivity index (χ2v) is 8.68. The molecule has 0 N–H and O–H groups in total. The summed E-state index contributed by atoms with van der Waals surface area (Å²) in [6.45, 7) is 6.32. The molecule has 6 nitrogen and oxygen atoms in total. The molecule has 0 aliphatic carbocycles. The van der Waals surface area contributed by atoms with E-state index in [-0.39, 0.29) is 0 Å². The zero-order valence-electron chi connectivity index (χ0n) is 21.5. The summed E-state index contributed by atoms with van der Waals surface area (Å²) in [5, 5.41) is 0. The van der Waals surface area contributed by atoms with Gasteiger partial charge in [0.15, 0.2) is 11.5 Å². The summed E-state index contributed by atoms with van der Waals surface area (Å²) < 4.78 is 13.0. The second-order valence-electron chi connectivity index (χ2n) is 8.68. The number of nitrogens with zero attached hydrogens (tertiary/aromatic N) is 4. The maximum atomic E-state index is 5.55. The molecule has 0 bridgehead atoms. The first-order chi connectivity index (χ1) is 16.8. The zero-order valence-corrected chi connectivity index (χ0v) is 21.5. The summed E-state index contributed by atoms with van der Waals surface area (Å²) in [5.74, 6) is 2.10. The minimum Gasteiger partial charge on any atom is -0.493 e. The number of para-hydroxylation sites is 1. The van der Waals surface area contributed by atoms with Gasteiger partial charge in [0.05, 0.1) is 25.6 Å². The Balaban J connectivity index is 1.98. The lowest BCUT2D eigenvalue weighted by molar-refractivity contribution is 0.355. The quantitative estimate of drug-likeness (QED) is 0.347. The van der Waals surface area contributed by atoms with Crippen molar-refractivity contribution in [2.75, 3.05) is 26.2 Å². The van der Waals surface area contributed by atoms with E-state index < -0.39 is 0 Å². The Bertz CT molecular complexity index is 1400. The standard InChI is InChI=1S/C29H32N4O2/c1-19-15-20(2)28(21(3)16-19)31-27-18-24(22-13-14-25(34-6)26(17-22)35-7)30-29(33(27)5)32(4)23-11-9-8-10-12-23/h8-18H,1-7H3. The average Bonchev–Trinajstić information content (AvgIpc) is 2.86. The number of methoxy groups -OCH3 is 2. The number of rotatable bonds is 6. The van der Waals surface area contributed by atoms with Crippen LogP contribution in [-0.4, -0.2) is 30.8 Å². The molecule has 0 aliphatic rings. The minimum absolute atomic E-state index is 0.654. The highest BCUT2D eigenvalue weighted by Gasteiger charge is 2.15. The molecule has 35 heavy (non-hydrogen) atoms. The van der Waals surface area contributed by atoms with Gasteiger partial charge in [-0.05, 0) is 62.2 Å². The summed E-state index contributed by atoms with van der Waals surface area (Å²) in [6.07, 6.45) is 0. The fourth-order valence-corrected chi connectivity index (χ4v) is 4.32. The third-order valence-corrected chi connectivity index (χ3v) is 6.11. The second kappa shape index (κ2) is 10.1. The molecular weight excluding hydrogens is 436 g/mol. The van der Waals surface area contributed by atoms with Crippen LogP contribution in [0.15, 0.2) is 71.7 Å². The van der Waals surface area contributed by atoms with Gasteiger partial charge in [0.25, 0.3) is 0 Å². The first-order valence-electron chi connectivity index (χ1n) is 11.5. The highest BCUT2D eigenvalue weighted by atomic mass is 16.5. The van der Waals surface area contributed by atoms with Crippen LogP contribution in [0.25, 0.3) is 11.3 Å². The molecule has 0 amide bonds. The molecule has 0 spiro atoms. The molecular formula is C29H32N4O2. The van der Waals surface area contributed by atoms with Crippen LogP contribution in [-0.2, 0) is 7.05 Å². The summed E-state index contributed by atoms with van der Waals surface area (Å²) in [4.78, 5) is 12.2. The largest absolute Gasteiger partial charge is 0.493 e. The van der Waals surface area contributed by atoms with Crippen molar-refractivity contribution < 1.29 is 9.47 Å². The van der Waals surface area contributed by atoms with Crippen molar-refractivity contribution in [3.05, 3.63) is 88.9 Å². The highest BCUT2D eigenvalue weighted by Crippen LogP contribution is 2.32. The van der Waals surface area contributed by atoms with Crippen molar-refractivity contribution in [2.45, 2.75) is 20.8 Å². The van der Waals surface area contributed by atoms with E-state index in [1.165, 1.54) is 5.56 Å². The Kier molecular flexibility index (Phi) is 6.92.